The fourth-order valence-electron chi connectivity index (χ4n) is 2.55. The highest BCUT2D eigenvalue weighted by Gasteiger charge is 2.27. The topological polar surface area (TPSA) is 104 Å². The Bertz CT molecular complexity index is 1000. The molecule has 0 spiro atoms. The van der Waals surface area contributed by atoms with E-state index >= 15 is 0 Å². The number of carbonyl (C=O) groups excluding carboxylic acids is 3. The second-order valence-electron chi connectivity index (χ2n) is 6.04. The molecular formula is C20H22N2O6S. The van der Waals surface area contributed by atoms with Crippen LogP contribution in [0.25, 0.3) is 0 Å². The first-order valence-corrected chi connectivity index (χ1v) is 9.66. The molecule has 2 heterocycles. The number of amides is 1. The molecule has 2 rings (SSSR count). The molecule has 2 aromatic heterocycles. The number of pyridine rings is 1. The Morgan fingerprint density at radius 1 is 1.24 bits per heavy atom. The zero-order valence-electron chi connectivity index (χ0n) is 16.4. The van der Waals surface area contributed by atoms with Gasteiger partial charge in [0.15, 0.2) is 0 Å². The van der Waals surface area contributed by atoms with E-state index < -0.39 is 17.8 Å². The largest absolute Gasteiger partial charge is 0.462 e. The molecule has 0 radical (unpaired) electrons. The van der Waals surface area contributed by atoms with E-state index in [9.17, 15) is 19.2 Å². The molecule has 8 nitrogen and oxygen atoms in total. The van der Waals surface area contributed by atoms with Gasteiger partial charge in [-0.25, -0.2) is 9.59 Å². The van der Waals surface area contributed by atoms with Crippen LogP contribution in [0.2, 0.25) is 0 Å². The van der Waals surface area contributed by atoms with Crippen molar-refractivity contribution in [1.29, 1.82) is 0 Å². The van der Waals surface area contributed by atoms with E-state index in [1.165, 1.54) is 16.8 Å². The van der Waals surface area contributed by atoms with Crippen molar-refractivity contribution in [3.05, 3.63) is 62.9 Å². The van der Waals surface area contributed by atoms with Crippen molar-refractivity contribution in [2.24, 2.45) is 0 Å². The van der Waals surface area contributed by atoms with Gasteiger partial charge in [0.25, 0.3) is 5.56 Å². The van der Waals surface area contributed by atoms with Crippen molar-refractivity contribution < 1.29 is 23.9 Å². The van der Waals surface area contributed by atoms with Gasteiger partial charge in [-0.15, -0.1) is 11.3 Å². The van der Waals surface area contributed by atoms with E-state index in [1.54, 1.807) is 32.9 Å². The highest BCUT2D eigenvalue weighted by molar-refractivity contribution is 7.18. The molecule has 2 aromatic rings. The lowest BCUT2D eigenvalue weighted by molar-refractivity contribution is -0.116. The van der Waals surface area contributed by atoms with Crippen molar-refractivity contribution in [2.75, 3.05) is 18.5 Å². The second kappa shape index (κ2) is 9.83. The Balaban J connectivity index is 2.34. The van der Waals surface area contributed by atoms with E-state index in [-0.39, 0.29) is 40.8 Å². The first-order chi connectivity index (χ1) is 13.8. The van der Waals surface area contributed by atoms with Crippen molar-refractivity contribution in [3.63, 3.8) is 0 Å². The van der Waals surface area contributed by atoms with Crippen LogP contribution in [0.1, 0.15) is 38.1 Å². The van der Waals surface area contributed by atoms with Gasteiger partial charge in [0.1, 0.15) is 23.0 Å². The zero-order valence-corrected chi connectivity index (χ0v) is 17.3. The summed E-state index contributed by atoms with van der Waals surface area (Å²) < 4.78 is 11.3. The first kappa shape index (κ1) is 22.1. The molecule has 9 heteroatoms. The number of thiophene rings is 1. The lowest BCUT2D eigenvalue weighted by atomic mass is 10.1. The molecule has 0 unspecified atom stereocenters. The van der Waals surface area contributed by atoms with Crippen LogP contribution in [0, 0.1) is 13.8 Å². The zero-order chi connectivity index (χ0) is 21.6. The Morgan fingerprint density at radius 2 is 1.97 bits per heavy atom. The number of ether oxygens (including phenoxy) is 2. The average Bonchev–Trinajstić information content (AvgIpc) is 2.99. The summed E-state index contributed by atoms with van der Waals surface area (Å²) >= 11 is 0.916. The van der Waals surface area contributed by atoms with Crippen molar-refractivity contribution >= 4 is 34.2 Å². The van der Waals surface area contributed by atoms with Gasteiger partial charge in [-0.1, -0.05) is 18.7 Å². The first-order valence-electron chi connectivity index (χ1n) is 8.84. The SMILES string of the molecule is C=CCOC(=O)c1sc(NC(=O)Cn2cccc(C)c2=O)c(C(=O)OCC)c1C. The van der Waals surface area contributed by atoms with Crippen LogP contribution in [-0.4, -0.2) is 35.6 Å². The van der Waals surface area contributed by atoms with Gasteiger partial charge in [0, 0.05) is 11.8 Å². The molecule has 0 bridgehead atoms. The third-order valence-corrected chi connectivity index (χ3v) is 5.11. The quantitative estimate of drug-likeness (QED) is 0.522. The number of hydrogen-bond acceptors (Lipinski definition) is 7. The highest BCUT2D eigenvalue weighted by atomic mass is 32.1. The normalized spacial score (nSPS) is 10.3. The molecule has 0 atom stereocenters. The Labute approximate surface area is 171 Å². The summed E-state index contributed by atoms with van der Waals surface area (Å²) in [5.41, 5.74) is 0.661. The highest BCUT2D eigenvalue weighted by Crippen LogP contribution is 2.34. The van der Waals surface area contributed by atoms with Crippen LogP contribution in [0.15, 0.2) is 35.8 Å². The molecule has 1 amide bonds. The second-order valence-corrected chi connectivity index (χ2v) is 7.06. The molecule has 0 saturated carbocycles. The summed E-state index contributed by atoms with van der Waals surface area (Å²) in [4.78, 5) is 49.4. The van der Waals surface area contributed by atoms with Crippen LogP contribution >= 0.6 is 11.3 Å². The average molecular weight is 418 g/mol. The van der Waals surface area contributed by atoms with E-state index in [0.29, 0.717) is 11.1 Å². The number of nitrogens with one attached hydrogen (secondary N) is 1. The summed E-state index contributed by atoms with van der Waals surface area (Å²) in [6.07, 6.45) is 2.92. The summed E-state index contributed by atoms with van der Waals surface area (Å²) in [6.45, 7) is 8.28. The van der Waals surface area contributed by atoms with Crippen LogP contribution in [0.4, 0.5) is 5.00 Å². The minimum absolute atomic E-state index is 0.0167. The Morgan fingerprint density at radius 3 is 2.62 bits per heavy atom. The predicted molar refractivity (Wildman–Crippen MR) is 110 cm³/mol. The molecular weight excluding hydrogens is 396 g/mol. The third kappa shape index (κ3) is 5.20. The van der Waals surface area contributed by atoms with Crippen molar-refractivity contribution in [2.45, 2.75) is 27.3 Å². The third-order valence-electron chi connectivity index (χ3n) is 3.92. The van der Waals surface area contributed by atoms with Gasteiger partial charge in [-0.3, -0.25) is 9.59 Å². The summed E-state index contributed by atoms with van der Waals surface area (Å²) in [5.74, 6) is -1.81. The maximum absolute atomic E-state index is 12.5. The van der Waals surface area contributed by atoms with E-state index in [2.05, 4.69) is 11.9 Å². The minimum atomic E-state index is -0.660. The van der Waals surface area contributed by atoms with E-state index in [0.717, 1.165) is 11.3 Å². The molecule has 0 fully saturated rings. The van der Waals surface area contributed by atoms with E-state index in [4.69, 9.17) is 9.47 Å². The number of anilines is 1. The van der Waals surface area contributed by atoms with Crippen LogP contribution in [0.5, 0.6) is 0 Å². The maximum Gasteiger partial charge on any atom is 0.348 e. The molecule has 154 valence electrons. The lowest BCUT2D eigenvalue weighted by Gasteiger charge is -2.09. The fourth-order valence-corrected chi connectivity index (χ4v) is 3.65. The number of nitrogens with zero attached hydrogens (tertiary/aromatic N) is 1. The minimum Gasteiger partial charge on any atom is -0.462 e. The number of aryl methyl sites for hydroxylation is 1. The molecule has 0 aliphatic rings. The number of hydrogen-bond donors (Lipinski definition) is 1. The maximum atomic E-state index is 12.5. The number of carbonyl (C=O) groups is 3. The smallest absolute Gasteiger partial charge is 0.348 e. The van der Waals surface area contributed by atoms with Gasteiger partial charge in [0.2, 0.25) is 5.91 Å². The van der Waals surface area contributed by atoms with Gasteiger partial charge in [-0.05, 0) is 32.4 Å². The standard InChI is InChI=1S/C20H22N2O6S/c1-5-10-28-20(26)16-13(4)15(19(25)27-6-2)17(29-16)21-14(23)11-22-9-7-8-12(3)18(22)24/h5,7-9H,1,6,10-11H2,2-4H3,(H,21,23). The van der Waals surface area contributed by atoms with Crippen molar-refractivity contribution in [1.82, 2.24) is 4.57 Å². The number of esters is 2. The van der Waals surface area contributed by atoms with Gasteiger partial charge >= 0.3 is 11.9 Å². The van der Waals surface area contributed by atoms with Crippen molar-refractivity contribution in [3.8, 4) is 0 Å². The van der Waals surface area contributed by atoms with Gasteiger partial charge in [0.05, 0.1) is 12.2 Å². The number of aromatic nitrogens is 1. The molecule has 0 saturated heterocycles. The Hall–Kier alpha value is -3.20. The summed E-state index contributed by atoms with van der Waals surface area (Å²) in [6, 6.07) is 3.32. The van der Waals surface area contributed by atoms with E-state index in [1.807, 2.05) is 0 Å². The monoisotopic (exact) mass is 418 g/mol. The lowest BCUT2D eigenvalue weighted by Crippen LogP contribution is -2.28. The van der Waals surface area contributed by atoms with Crippen LogP contribution in [0.3, 0.4) is 0 Å². The molecule has 0 aliphatic carbocycles. The summed E-state index contributed by atoms with van der Waals surface area (Å²) in [5, 5.41) is 2.77. The van der Waals surface area contributed by atoms with Crippen LogP contribution < -0.4 is 10.9 Å². The molecule has 0 aromatic carbocycles. The molecule has 1 N–H and O–H groups in total. The molecule has 0 aliphatic heterocycles. The van der Waals surface area contributed by atoms with Gasteiger partial charge in [-0.2, -0.15) is 0 Å². The van der Waals surface area contributed by atoms with Crippen LogP contribution in [-0.2, 0) is 20.8 Å². The Kier molecular flexibility index (Phi) is 7.49. The summed E-state index contributed by atoms with van der Waals surface area (Å²) in [7, 11) is 0. The molecule has 29 heavy (non-hydrogen) atoms. The predicted octanol–water partition coefficient (Wildman–Crippen LogP) is 2.68. The fraction of sp³-hybridized carbons (Fsp3) is 0.300. The van der Waals surface area contributed by atoms with Gasteiger partial charge < -0.3 is 19.4 Å². The number of rotatable bonds is 8.